The van der Waals surface area contributed by atoms with Gasteiger partial charge in [-0.1, -0.05) is 40.2 Å². The first kappa shape index (κ1) is 33.7. The number of anilines is 1. The van der Waals surface area contributed by atoms with Crippen LogP contribution in [0.15, 0.2) is 105 Å². The van der Waals surface area contributed by atoms with E-state index >= 15 is 0 Å². The maximum Gasteiger partial charge on any atom is 0.416 e. The number of nitro benzene ring substituents is 1. The zero-order valence-corrected chi connectivity index (χ0v) is 26.2. The minimum atomic E-state index is -4.62. The molecule has 0 aromatic heterocycles. The lowest BCUT2D eigenvalue weighted by molar-refractivity contribution is -0.384. The van der Waals surface area contributed by atoms with Crippen LogP contribution in [0.1, 0.15) is 37.4 Å². The van der Waals surface area contributed by atoms with Crippen molar-refractivity contribution in [3.8, 4) is 5.75 Å². The Kier molecular flexibility index (Phi) is 10.8. The average molecular weight is 760 g/mol. The van der Waals surface area contributed by atoms with Crippen LogP contribution in [-0.2, 0) is 11.0 Å². The number of carbonyl (C=O) groups excluding carboxylic acids is 3. The Bertz CT molecular complexity index is 1900. The molecule has 0 heterocycles. The number of non-ortho nitro benzene ring substituents is 1. The van der Waals surface area contributed by atoms with Gasteiger partial charge < -0.3 is 10.1 Å². The zero-order chi connectivity index (χ0) is 33.4. The SMILES string of the molecule is O=C(/C=C/c1cccc([N+](=O)[O-])c1)Oc1c(Br)cc(Br)cc1C=NNC(=O)c1cccc(NC(=O)c2cccc(C(F)(F)F)c2)c1. The van der Waals surface area contributed by atoms with Crippen LogP contribution in [0.2, 0.25) is 0 Å². The summed E-state index contributed by atoms with van der Waals surface area (Å²) in [6.07, 6.45) is -0.948. The molecule has 46 heavy (non-hydrogen) atoms. The monoisotopic (exact) mass is 758 g/mol. The van der Waals surface area contributed by atoms with E-state index in [4.69, 9.17) is 4.74 Å². The van der Waals surface area contributed by atoms with Crippen LogP contribution in [0, 0.1) is 10.1 Å². The third-order valence-electron chi connectivity index (χ3n) is 5.94. The van der Waals surface area contributed by atoms with E-state index in [9.17, 15) is 37.7 Å². The largest absolute Gasteiger partial charge is 0.421 e. The van der Waals surface area contributed by atoms with Crippen molar-refractivity contribution in [1.82, 2.24) is 5.43 Å². The van der Waals surface area contributed by atoms with E-state index in [-0.39, 0.29) is 33.8 Å². The van der Waals surface area contributed by atoms with E-state index in [2.05, 4.69) is 47.7 Å². The van der Waals surface area contributed by atoms with Crippen molar-refractivity contribution in [1.29, 1.82) is 0 Å². The van der Waals surface area contributed by atoms with Gasteiger partial charge in [-0.3, -0.25) is 19.7 Å². The number of halogens is 5. The molecule has 234 valence electrons. The summed E-state index contributed by atoms with van der Waals surface area (Å²) < 4.78 is 45.5. The summed E-state index contributed by atoms with van der Waals surface area (Å²) in [6.45, 7) is 0. The first-order valence-corrected chi connectivity index (χ1v) is 14.4. The van der Waals surface area contributed by atoms with E-state index in [0.29, 0.717) is 14.5 Å². The fourth-order valence-corrected chi connectivity index (χ4v) is 5.17. The van der Waals surface area contributed by atoms with Gasteiger partial charge in [0, 0.05) is 45.1 Å². The first-order chi connectivity index (χ1) is 21.8. The van der Waals surface area contributed by atoms with Crippen LogP contribution >= 0.6 is 31.9 Å². The molecule has 0 aliphatic rings. The molecule has 4 rings (SSSR count). The number of nitrogens with zero attached hydrogens (tertiary/aromatic N) is 2. The number of hydrogen-bond donors (Lipinski definition) is 2. The molecule has 15 heteroatoms. The van der Waals surface area contributed by atoms with Crippen molar-refractivity contribution in [3.05, 3.63) is 138 Å². The lowest BCUT2D eigenvalue weighted by atomic mass is 10.1. The molecule has 0 fully saturated rings. The molecule has 2 amide bonds. The number of rotatable bonds is 9. The molecule has 2 N–H and O–H groups in total. The van der Waals surface area contributed by atoms with Crippen LogP contribution in [0.25, 0.3) is 6.08 Å². The number of nitrogens with one attached hydrogen (secondary N) is 2. The quantitative estimate of drug-likeness (QED) is 0.0446. The second kappa shape index (κ2) is 14.8. The molecular formula is C31H19Br2F3N4O6. The van der Waals surface area contributed by atoms with Gasteiger partial charge in [-0.15, -0.1) is 0 Å². The van der Waals surface area contributed by atoms with E-state index in [1.165, 1.54) is 60.8 Å². The Hall–Kier alpha value is -5.15. The summed E-state index contributed by atoms with van der Waals surface area (Å²) in [7, 11) is 0. The Balaban J connectivity index is 1.43. The van der Waals surface area contributed by atoms with Gasteiger partial charge in [-0.25, -0.2) is 10.2 Å². The van der Waals surface area contributed by atoms with Gasteiger partial charge in [-0.2, -0.15) is 18.3 Å². The van der Waals surface area contributed by atoms with Crippen molar-refractivity contribution in [3.63, 3.8) is 0 Å². The number of benzene rings is 4. The highest BCUT2D eigenvalue weighted by Crippen LogP contribution is 2.33. The van der Waals surface area contributed by atoms with Gasteiger partial charge in [0.25, 0.3) is 17.5 Å². The number of hydrazone groups is 1. The number of hydrogen-bond acceptors (Lipinski definition) is 7. The van der Waals surface area contributed by atoms with Gasteiger partial charge in [0.1, 0.15) is 0 Å². The Morgan fingerprint density at radius 3 is 2.30 bits per heavy atom. The normalized spacial score (nSPS) is 11.4. The summed E-state index contributed by atoms with van der Waals surface area (Å²) in [5, 5.41) is 17.4. The molecule has 0 saturated carbocycles. The summed E-state index contributed by atoms with van der Waals surface area (Å²) in [5.74, 6) is -2.21. The van der Waals surface area contributed by atoms with E-state index in [1.807, 2.05) is 0 Å². The van der Waals surface area contributed by atoms with E-state index in [1.54, 1.807) is 18.2 Å². The summed E-state index contributed by atoms with van der Waals surface area (Å²) >= 11 is 6.65. The van der Waals surface area contributed by atoms with Gasteiger partial charge in [0.05, 0.1) is 21.2 Å². The Morgan fingerprint density at radius 2 is 1.59 bits per heavy atom. The van der Waals surface area contributed by atoms with E-state index < -0.39 is 34.4 Å². The maximum atomic E-state index is 13.0. The standard InChI is InChI=1S/C31H19Br2F3N4O6/c32-23-14-21(28(26(33)16-23)46-27(41)11-10-18-4-1-9-25(12-18)40(44)45)17-37-39-30(43)20-6-3-8-24(15-20)38-29(42)19-5-2-7-22(13-19)31(34,35)36/h1-17H,(H,38,42)(H,39,43)/b11-10+,37-17?. The predicted octanol–water partition coefficient (Wildman–Crippen LogP) is 7.77. The van der Waals surface area contributed by atoms with Crippen molar-refractivity contribution in [2.45, 2.75) is 6.18 Å². The second-order valence-electron chi connectivity index (χ2n) is 9.23. The van der Waals surface area contributed by atoms with Gasteiger partial charge in [0.2, 0.25) is 0 Å². The summed E-state index contributed by atoms with van der Waals surface area (Å²) in [5.41, 5.74) is 1.90. The van der Waals surface area contributed by atoms with Crippen LogP contribution in [0.5, 0.6) is 5.75 Å². The topological polar surface area (TPSA) is 140 Å². The molecule has 0 radical (unpaired) electrons. The fourth-order valence-electron chi connectivity index (χ4n) is 3.83. The molecule has 0 aliphatic heterocycles. The van der Waals surface area contributed by atoms with Crippen LogP contribution < -0.4 is 15.5 Å². The van der Waals surface area contributed by atoms with Crippen molar-refractivity contribution >= 4 is 73.3 Å². The zero-order valence-electron chi connectivity index (χ0n) is 23.0. The van der Waals surface area contributed by atoms with Crippen LogP contribution in [0.3, 0.4) is 0 Å². The second-order valence-corrected chi connectivity index (χ2v) is 11.0. The Morgan fingerprint density at radius 1 is 0.891 bits per heavy atom. The molecular weight excluding hydrogens is 741 g/mol. The molecule has 4 aromatic rings. The lowest BCUT2D eigenvalue weighted by Crippen LogP contribution is -2.18. The van der Waals surface area contributed by atoms with Gasteiger partial charge in [-0.05, 0) is 76.1 Å². The molecule has 4 aromatic carbocycles. The third kappa shape index (κ3) is 9.18. The molecule has 0 spiro atoms. The van der Waals surface area contributed by atoms with Crippen molar-refractivity contribution in [2.24, 2.45) is 5.10 Å². The maximum absolute atomic E-state index is 13.0. The molecule has 10 nitrogen and oxygen atoms in total. The highest BCUT2D eigenvalue weighted by molar-refractivity contribution is 9.11. The number of nitro groups is 1. The van der Waals surface area contributed by atoms with Gasteiger partial charge in [0.15, 0.2) is 5.75 Å². The number of alkyl halides is 3. The first-order valence-electron chi connectivity index (χ1n) is 12.9. The smallest absolute Gasteiger partial charge is 0.416 e. The third-order valence-corrected chi connectivity index (χ3v) is 6.98. The van der Waals surface area contributed by atoms with E-state index in [0.717, 1.165) is 24.3 Å². The molecule has 0 saturated heterocycles. The minimum absolute atomic E-state index is 0.0641. The lowest BCUT2D eigenvalue weighted by Gasteiger charge is -2.10. The van der Waals surface area contributed by atoms with Gasteiger partial charge >= 0.3 is 12.1 Å². The highest BCUT2D eigenvalue weighted by atomic mass is 79.9. The minimum Gasteiger partial charge on any atom is -0.421 e. The predicted molar refractivity (Wildman–Crippen MR) is 171 cm³/mol. The molecule has 0 aliphatic carbocycles. The number of esters is 1. The fraction of sp³-hybridized carbons (Fsp3) is 0.0323. The highest BCUT2D eigenvalue weighted by Gasteiger charge is 2.31. The summed E-state index contributed by atoms with van der Waals surface area (Å²) in [6, 6.07) is 18.4. The van der Waals surface area contributed by atoms with Crippen LogP contribution in [-0.4, -0.2) is 28.9 Å². The number of amides is 2. The van der Waals surface area contributed by atoms with Crippen LogP contribution in [0.4, 0.5) is 24.5 Å². The summed E-state index contributed by atoms with van der Waals surface area (Å²) in [4.78, 5) is 48.3. The number of ether oxygens (including phenoxy) is 1. The average Bonchev–Trinajstić information content (AvgIpc) is 3.01. The Labute approximate surface area is 275 Å². The number of carbonyl (C=O) groups is 3. The van der Waals surface area contributed by atoms with Crippen molar-refractivity contribution in [2.75, 3.05) is 5.32 Å². The molecule has 0 bridgehead atoms. The molecule has 0 atom stereocenters. The molecule has 0 unspecified atom stereocenters. The van der Waals surface area contributed by atoms with Crippen molar-refractivity contribution < 1.29 is 37.2 Å².